The zero-order chi connectivity index (χ0) is 14.7. The molecule has 4 nitrogen and oxygen atoms in total. The summed E-state index contributed by atoms with van der Waals surface area (Å²) in [6, 6.07) is 14.5. The highest BCUT2D eigenvalue weighted by Crippen LogP contribution is 2.12. The molecule has 0 spiro atoms. The van der Waals surface area contributed by atoms with Crippen LogP contribution >= 0.6 is 0 Å². The molecule has 1 aromatic carbocycles. The van der Waals surface area contributed by atoms with Crippen molar-refractivity contribution in [2.75, 3.05) is 19.6 Å². The first-order valence-corrected chi connectivity index (χ1v) is 7.46. The van der Waals surface area contributed by atoms with Gasteiger partial charge in [-0.05, 0) is 24.6 Å². The van der Waals surface area contributed by atoms with Crippen LogP contribution < -0.4 is 5.32 Å². The molecule has 1 atom stereocenters. The number of amides is 1. The average molecular weight is 283 g/mol. The molecule has 3 rings (SSSR count). The van der Waals surface area contributed by atoms with Gasteiger partial charge in [0.15, 0.2) is 0 Å². The average Bonchev–Trinajstić information content (AvgIpc) is 2.95. The van der Waals surface area contributed by atoms with Crippen molar-refractivity contribution in [1.82, 2.24) is 14.8 Å². The highest BCUT2D eigenvalue weighted by Gasteiger charge is 2.23. The van der Waals surface area contributed by atoms with Gasteiger partial charge in [0.2, 0.25) is 0 Å². The summed E-state index contributed by atoms with van der Waals surface area (Å²) in [4.78, 5) is 14.6. The summed E-state index contributed by atoms with van der Waals surface area (Å²) >= 11 is 0. The predicted octanol–water partition coefficient (Wildman–Crippen LogP) is 1.97. The summed E-state index contributed by atoms with van der Waals surface area (Å²) in [5.74, 6) is 0.129. The highest BCUT2D eigenvalue weighted by molar-refractivity contribution is 5.93. The van der Waals surface area contributed by atoms with E-state index in [2.05, 4.69) is 24.4 Å². The summed E-state index contributed by atoms with van der Waals surface area (Å²) in [5, 5.41) is 3.37. The first kappa shape index (κ1) is 13.9. The minimum absolute atomic E-state index is 0.129. The third kappa shape index (κ3) is 3.16. The first-order chi connectivity index (χ1) is 10.2. The van der Waals surface area contributed by atoms with Gasteiger partial charge in [-0.3, -0.25) is 4.79 Å². The summed E-state index contributed by atoms with van der Waals surface area (Å²) in [5.41, 5.74) is 1.98. The zero-order valence-corrected chi connectivity index (χ0v) is 12.3. The van der Waals surface area contributed by atoms with Gasteiger partial charge in [0, 0.05) is 38.4 Å². The molecule has 1 saturated heterocycles. The molecule has 4 heteroatoms. The van der Waals surface area contributed by atoms with Crippen LogP contribution in [0.1, 0.15) is 23.0 Å². The number of hydrogen-bond donors (Lipinski definition) is 1. The van der Waals surface area contributed by atoms with Crippen LogP contribution in [0.2, 0.25) is 0 Å². The van der Waals surface area contributed by atoms with Crippen LogP contribution in [0.25, 0.3) is 0 Å². The molecule has 2 aromatic rings. The maximum Gasteiger partial charge on any atom is 0.270 e. The van der Waals surface area contributed by atoms with Crippen molar-refractivity contribution in [3.8, 4) is 0 Å². The Morgan fingerprint density at radius 2 is 2.05 bits per heavy atom. The molecular formula is C17H21N3O. The predicted molar refractivity (Wildman–Crippen MR) is 83.3 cm³/mol. The van der Waals surface area contributed by atoms with E-state index in [-0.39, 0.29) is 5.91 Å². The van der Waals surface area contributed by atoms with Crippen molar-refractivity contribution in [2.45, 2.75) is 19.5 Å². The second-order valence-electron chi connectivity index (χ2n) is 5.61. The van der Waals surface area contributed by atoms with Crippen LogP contribution in [0.4, 0.5) is 0 Å². The van der Waals surface area contributed by atoms with E-state index < -0.39 is 0 Å². The van der Waals surface area contributed by atoms with E-state index in [0.717, 1.165) is 31.9 Å². The Morgan fingerprint density at radius 3 is 2.81 bits per heavy atom. The van der Waals surface area contributed by atoms with E-state index in [4.69, 9.17) is 0 Å². The molecular weight excluding hydrogens is 262 g/mol. The number of piperazine rings is 1. The number of nitrogens with zero attached hydrogens (tertiary/aromatic N) is 2. The Hall–Kier alpha value is -2.07. The molecule has 2 heterocycles. The van der Waals surface area contributed by atoms with Gasteiger partial charge in [-0.15, -0.1) is 0 Å². The maximum absolute atomic E-state index is 12.7. The third-order valence-corrected chi connectivity index (χ3v) is 3.90. The number of aromatic nitrogens is 1. The van der Waals surface area contributed by atoms with Crippen molar-refractivity contribution < 1.29 is 4.79 Å². The molecule has 1 aliphatic heterocycles. The van der Waals surface area contributed by atoms with Gasteiger partial charge < -0.3 is 14.8 Å². The minimum Gasteiger partial charge on any atom is -0.339 e. The Labute approximate surface area is 125 Å². The second kappa shape index (κ2) is 6.14. The van der Waals surface area contributed by atoms with E-state index in [1.165, 1.54) is 5.56 Å². The fourth-order valence-corrected chi connectivity index (χ4v) is 2.81. The van der Waals surface area contributed by atoms with E-state index in [1.807, 2.05) is 46.0 Å². The lowest BCUT2D eigenvalue weighted by Crippen LogP contribution is -2.51. The monoisotopic (exact) mass is 283 g/mol. The highest BCUT2D eigenvalue weighted by atomic mass is 16.2. The Morgan fingerprint density at radius 1 is 1.24 bits per heavy atom. The number of rotatable bonds is 3. The fourth-order valence-electron chi connectivity index (χ4n) is 2.81. The zero-order valence-electron chi connectivity index (χ0n) is 12.3. The van der Waals surface area contributed by atoms with E-state index >= 15 is 0 Å². The lowest BCUT2D eigenvalue weighted by Gasteiger charge is -2.32. The van der Waals surface area contributed by atoms with Crippen LogP contribution in [-0.2, 0) is 6.54 Å². The Balaban J connectivity index is 1.77. The van der Waals surface area contributed by atoms with Gasteiger partial charge >= 0.3 is 0 Å². The van der Waals surface area contributed by atoms with Crippen molar-refractivity contribution >= 4 is 5.91 Å². The fraction of sp³-hybridized carbons (Fsp3) is 0.353. The summed E-state index contributed by atoms with van der Waals surface area (Å²) in [6.07, 6.45) is 1.98. The lowest BCUT2D eigenvalue weighted by molar-refractivity contribution is 0.0698. The molecule has 1 aromatic heterocycles. The van der Waals surface area contributed by atoms with E-state index in [0.29, 0.717) is 6.04 Å². The molecule has 1 unspecified atom stereocenters. The lowest BCUT2D eigenvalue weighted by atomic mass is 10.2. The first-order valence-electron chi connectivity index (χ1n) is 7.46. The Kier molecular flexibility index (Phi) is 4.06. The topological polar surface area (TPSA) is 37.3 Å². The molecule has 0 radical (unpaired) electrons. The largest absolute Gasteiger partial charge is 0.339 e. The normalized spacial score (nSPS) is 18.7. The number of carbonyl (C=O) groups excluding carboxylic acids is 1. The van der Waals surface area contributed by atoms with Gasteiger partial charge in [-0.1, -0.05) is 30.3 Å². The third-order valence-electron chi connectivity index (χ3n) is 3.90. The molecule has 21 heavy (non-hydrogen) atoms. The molecule has 1 N–H and O–H groups in total. The molecule has 0 bridgehead atoms. The summed E-state index contributed by atoms with van der Waals surface area (Å²) in [7, 11) is 0. The van der Waals surface area contributed by atoms with Gasteiger partial charge in [-0.25, -0.2) is 0 Å². The van der Waals surface area contributed by atoms with Crippen molar-refractivity contribution in [2.24, 2.45) is 0 Å². The SMILES string of the molecule is CC1CN(C(=O)c2cccn2Cc2ccccc2)CCN1. The van der Waals surface area contributed by atoms with Gasteiger partial charge in [-0.2, -0.15) is 0 Å². The van der Waals surface area contributed by atoms with Gasteiger partial charge in [0.1, 0.15) is 5.69 Å². The van der Waals surface area contributed by atoms with Crippen LogP contribution in [0, 0.1) is 0 Å². The number of benzene rings is 1. The van der Waals surface area contributed by atoms with Crippen LogP contribution in [0.3, 0.4) is 0 Å². The molecule has 1 aliphatic rings. The summed E-state index contributed by atoms with van der Waals surface area (Å²) < 4.78 is 2.03. The Bertz CT molecular complexity index is 606. The quantitative estimate of drug-likeness (QED) is 0.935. The van der Waals surface area contributed by atoms with Crippen LogP contribution in [-0.4, -0.2) is 41.1 Å². The molecule has 0 saturated carbocycles. The number of hydrogen-bond acceptors (Lipinski definition) is 2. The smallest absolute Gasteiger partial charge is 0.270 e. The van der Waals surface area contributed by atoms with Crippen molar-refractivity contribution in [1.29, 1.82) is 0 Å². The number of nitrogens with one attached hydrogen (secondary N) is 1. The van der Waals surface area contributed by atoms with Gasteiger partial charge in [0.05, 0.1) is 0 Å². The van der Waals surface area contributed by atoms with Crippen LogP contribution in [0.5, 0.6) is 0 Å². The minimum atomic E-state index is 0.129. The van der Waals surface area contributed by atoms with E-state index in [9.17, 15) is 4.79 Å². The molecule has 1 amide bonds. The maximum atomic E-state index is 12.7. The van der Waals surface area contributed by atoms with E-state index in [1.54, 1.807) is 0 Å². The second-order valence-corrected chi connectivity index (χ2v) is 5.61. The molecule has 110 valence electrons. The standard InChI is InChI=1S/C17H21N3O/c1-14-12-20(11-9-18-14)17(21)16-8-5-10-19(16)13-15-6-3-2-4-7-15/h2-8,10,14,18H,9,11-13H2,1H3. The molecule has 0 aliphatic carbocycles. The van der Waals surface area contributed by atoms with Crippen molar-refractivity contribution in [3.63, 3.8) is 0 Å². The number of carbonyl (C=O) groups is 1. The van der Waals surface area contributed by atoms with Gasteiger partial charge in [0.25, 0.3) is 5.91 Å². The van der Waals surface area contributed by atoms with Crippen LogP contribution in [0.15, 0.2) is 48.7 Å². The summed E-state index contributed by atoms with van der Waals surface area (Å²) in [6.45, 7) is 5.26. The molecule has 1 fully saturated rings. The van der Waals surface area contributed by atoms with Crippen molar-refractivity contribution in [3.05, 3.63) is 59.9 Å².